The third-order valence-electron chi connectivity index (χ3n) is 7.28. The quantitative estimate of drug-likeness (QED) is 0.619. The van der Waals surface area contributed by atoms with Gasteiger partial charge in [-0.05, 0) is 66.4 Å². The lowest BCUT2D eigenvalue weighted by Crippen LogP contribution is -2.67. The molecule has 1 N–H and O–H groups in total. The van der Waals surface area contributed by atoms with E-state index < -0.39 is 0 Å². The summed E-state index contributed by atoms with van der Waals surface area (Å²) in [6.07, 6.45) is 6.07. The van der Waals surface area contributed by atoms with Crippen LogP contribution in [0.2, 0.25) is 0 Å². The molecule has 5 heteroatoms. The van der Waals surface area contributed by atoms with Crippen molar-refractivity contribution in [1.29, 1.82) is 0 Å². The minimum atomic E-state index is 0.205. The predicted molar refractivity (Wildman–Crippen MR) is 131 cm³/mol. The Balaban J connectivity index is 1.35. The van der Waals surface area contributed by atoms with Crippen LogP contribution in [0.3, 0.4) is 0 Å². The van der Waals surface area contributed by atoms with E-state index in [1.807, 2.05) is 18.3 Å². The van der Waals surface area contributed by atoms with Gasteiger partial charge in [-0.15, -0.1) is 0 Å². The van der Waals surface area contributed by atoms with Gasteiger partial charge in [0.15, 0.2) is 0 Å². The van der Waals surface area contributed by atoms with E-state index >= 15 is 0 Å². The van der Waals surface area contributed by atoms with Crippen molar-refractivity contribution in [1.82, 2.24) is 14.8 Å². The summed E-state index contributed by atoms with van der Waals surface area (Å²) in [5, 5.41) is 10.2. The van der Waals surface area contributed by atoms with E-state index in [2.05, 4.69) is 63.3 Å². The zero-order valence-electron chi connectivity index (χ0n) is 19.3. The number of fused-ring (bicyclic) bond motifs is 1. The number of benzene rings is 2. The highest BCUT2D eigenvalue weighted by Crippen LogP contribution is 2.42. The van der Waals surface area contributed by atoms with Crippen LogP contribution in [-0.2, 0) is 6.54 Å². The van der Waals surface area contributed by atoms with Crippen LogP contribution in [0.25, 0.3) is 11.1 Å². The maximum atomic E-state index is 10.2. The fourth-order valence-electron chi connectivity index (χ4n) is 5.62. The smallest absolute Gasteiger partial charge is 0.119 e. The van der Waals surface area contributed by atoms with E-state index in [9.17, 15) is 5.11 Å². The molecule has 0 unspecified atom stereocenters. The van der Waals surface area contributed by atoms with Crippen LogP contribution >= 0.6 is 0 Å². The molecule has 5 rings (SSSR count). The molecule has 0 saturated carbocycles. The molecule has 2 aliphatic rings. The summed E-state index contributed by atoms with van der Waals surface area (Å²) in [5.74, 6) is 1.26. The second kappa shape index (κ2) is 10.0. The summed E-state index contributed by atoms with van der Waals surface area (Å²) in [5.41, 5.74) is 4.93. The molecule has 2 saturated heterocycles. The zero-order valence-corrected chi connectivity index (χ0v) is 19.3. The topological polar surface area (TPSA) is 48.8 Å². The first-order chi connectivity index (χ1) is 16.3. The first kappa shape index (κ1) is 22.1. The number of aliphatic hydroxyl groups excluding tert-OH is 1. The second-order valence-electron chi connectivity index (χ2n) is 9.24. The van der Waals surface area contributed by atoms with E-state index in [1.165, 1.54) is 29.5 Å². The minimum Gasteiger partial charge on any atom is -0.497 e. The number of hydrogen-bond acceptors (Lipinski definition) is 5. The lowest BCUT2D eigenvalue weighted by atomic mass is 9.74. The van der Waals surface area contributed by atoms with Crippen molar-refractivity contribution in [3.63, 3.8) is 0 Å². The lowest BCUT2D eigenvalue weighted by Gasteiger charge is -2.57. The zero-order chi connectivity index (χ0) is 22.6. The van der Waals surface area contributed by atoms with Crippen molar-refractivity contribution in [2.24, 2.45) is 0 Å². The molecule has 1 aromatic heterocycles. The number of rotatable bonds is 6. The fraction of sp³-hybridized carbons (Fsp3) is 0.393. The van der Waals surface area contributed by atoms with Gasteiger partial charge in [-0.2, -0.15) is 0 Å². The highest BCUT2D eigenvalue weighted by atomic mass is 16.5. The molecule has 5 nitrogen and oxygen atoms in total. The third-order valence-corrected chi connectivity index (χ3v) is 7.28. The van der Waals surface area contributed by atoms with E-state index in [4.69, 9.17) is 4.74 Å². The Bertz CT molecular complexity index is 1040. The number of ether oxygens (including phenoxy) is 1. The lowest BCUT2D eigenvalue weighted by molar-refractivity contribution is -0.0655. The Morgan fingerprint density at radius 3 is 2.61 bits per heavy atom. The Morgan fingerprint density at radius 2 is 1.85 bits per heavy atom. The molecule has 2 aromatic carbocycles. The van der Waals surface area contributed by atoms with Gasteiger partial charge in [0.25, 0.3) is 0 Å². The van der Waals surface area contributed by atoms with Crippen LogP contribution in [0, 0.1) is 0 Å². The van der Waals surface area contributed by atoms with Gasteiger partial charge in [0, 0.05) is 43.5 Å². The van der Waals surface area contributed by atoms with Gasteiger partial charge >= 0.3 is 0 Å². The number of pyridine rings is 1. The van der Waals surface area contributed by atoms with Crippen LogP contribution in [0.5, 0.6) is 5.75 Å². The molecule has 2 fully saturated rings. The number of methoxy groups -OCH3 is 1. The Hall–Kier alpha value is -2.73. The molecule has 3 aromatic rings. The van der Waals surface area contributed by atoms with Crippen LogP contribution < -0.4 is 4.74 Å². The molecule has 33 heavy (non-hydrogen) atoms. The number of nitrogens with zero attached hydrogens (tertiary/aromatic N) is 3. The largest absolute Gasteiger partial charge is 0.497 e. The SMILES string of the molecule is COc1cccc(CN2CCCCN3[C@H](C2)[C@@H](c2ccc(-c4cccnc4)cc2)[C@@H]3CO)c1. The van der Waals surface area contributed by atoms with E-state index in [0.717, 1.165) is 37.5 Å². The fourth-order valence-corrected chi connectivity index (χ4v) is 5.62. The van der Waals surface area contributed by atoms with E-state index in [-0.39, 0.29) is 12.6 Å². The van der Waals surface area contributed by atoms with E-state index in [0.29, 0.717) is 12.0 Å². The van der Waals surface area contributed by atoms with Gasteiger partial charge in [-0.3, -0.25) is 14.8 Å². The molecule has 0 spiro atoms. The second-order valence-corrected chi connectivity index (χ2v) is 9.24. The van der Waals surface area contributed by atoms with Crippen LogP contribution in [0.4, 0.5) is 0 Å². The van der Waals surface area contributed by atoms with Crippen molar-refractivity contribution >= 4 is 0 Å². The standard InChI is InChI=1S/C28H33N3O2/c1-33-25-8-4-6-21(16-25)18-30-14-2-3-15-31-26(19-30)28(27(31)20-32)23-11-9-22(10-12-23)24-7-5-13-29-17-24/h4-13,16-17,26-28,32H,2-3,14-15,18-20H2,1H3/t26-,27+,28-/m1/s1. The number of aromatic nitrogens is 1. The molecule has 2 aliphatic heterocycles. The Morgan fingerprint density at radius 1 is 1.00 bits per heavy atom. The summed E-state index contributed by atoms with van der Waals surface area (Å²) in [7, 11) is 1.72. The van der Waals surface area contributed by atoms with Crippen molar-refractivity contribution in [2.75, 3.05) is 33.4 Å². The molecule has 3 atom stereocenters. The molecule has 0 amide bonds. The van der Waals surface area contributed by atoms with Crippen molar-refractivity contribution in [3.8, 4) is 16.9 Å². The highest BCUT2D eigenvalue weighted by molar-refractivity contribution is 5.62. The van der Waals surface area contributed by atoms with Crippen LogP contribution in [0.1, 0.15) is 29.9 Å². The first-order valence-electron chi connectivity index (χ1n) is 12.0. The summed E-state index contributed by atoms with van der Waals surface area (Å²) >= 11 is 0. The molecule has 0 aliphatic carbocycles. The molecule has 0 bridgehead atoms. The molecule has 0 radical (unpaired) electrons. The van der Waals surface area contributed by atoms with Gasteiger partial charge in [-0.25, -0.2) is 0 Å². The number of hydrogen-bond donors (Lipinski definition) is 1. The molecule has 172 valence electrons. The van der Waals surface area contributed by atoms with Gasteiger partial charge < -0.3 is 9.84 Å². The van der Waals surface area contributed by atoms with Gasteiger partial charge in [0.05, 0.1) is 13.7 Å². The normalized spacial score (nSPS) is 23.8. The molecular formula is C28H33N3O2. The first-order valence-corrected chi connectivity index (χ1v) is 12.0. The highest BCUT2D eigenvalue weighted by Gasteiger charge is 2.49. The monoisotopic (exact) mass is 443 g/mol. The molecular weight excluding hydrogens is 410 g/mol. The van der Waals surface area contributed by atoms with Crippen molar-refractivity contribution in [3.05, 3.63) is 84.2 Å². The third kappa shape index (κ3) is 4.67. The summed E-state index contributed by atoms with van der Waals surface area (Å²) in [6.45, 7) is 4.34. The predicted octanol–water partition coefficient (Wildman–Crippen LogP) is 4.18. The van der Waals surface area contributed by atoms with Gasteiger partial charge in [0.1, 0.15) is 5.75 Å². The van der Waals surface area contributed by atoms with Gasteiger partial charge in [0.2, 0.25) is 0 Å². The van der Waals surface area contributed by atoms with Crippen molar-refractivity contribution < 1.29 is 9.84 Å². The summed E-state index contributed by atoms with van der Waals surface area (Å²) in [4.78, 5) is 9.36. The Kier molecular flexibility index (Phi) is 6.72. The number of aliphatic hydroxyl groups is 1. The summed E-state index contributed by atoms with van der Waals surface area (Å²) in [6, 6.07) is 22.0. The average molecular weight is 444 g/mol. The van der Waals surface area contributed by atoms with Crippen LogP contribution in [-0.4, -0.2) is 65.3 Å². The summed E-state index contributed by atoms with van der Waals surface area (Å²) < 4.78 is 5.42. The van der Waals surface area contributed by atoms with Crippen LogP contribution in [0.15, 0.2) is 73.1 Å². The molecule has 3 heterocycles. The Labute approximate surface area is 196 Å². The maximum Gasteiger partial charge on any atom is 0.119 e. The maximum absolute atomic E-state index is 10.2. The van der Waals surface area contributed by atoms with E-state index in [1.54, 1.807) is 13.3 Å². The average Bonchev–Trinajstić information content (AvgIpc) is 2.85. The minimum absolute atomic E-state index is 0.205. The van der Waals surface area contributed by atoms with Crippen molar-refractivity contribution in [2.45, 2.75) is 37.4 Å². The van der Waals surface area contributed by atoms with Gasteiger partial charge in [-0.1, -0.05) is 42.5 Å².